The van der Waals surface area contributed by atoms with Gasteiger partial charge in [0, 0.05) is 6.54 Å². The zero-order chi connectivity index (χ0) is 16.3. The van der Waals surface area contributed by atoms with E-state index in [-0.39, 0.29) is 11.7 Å². The number of hydrogen-bond donors (Lipinski definition) is 1. The van der Waals surface area contributed by atoms with Crippen molar-refractivity contribution in [1.29, 1.82) is 0 Å². The summed E-state index contributed by atoms with van der Waals surface area (Å²) in [6.45, 7) is 0.416. The van der Waals surface area contributed by atoms with Crippen molar-refractivity contribution in [3.63, 3.8) is 0 Å². The normalized spacial score (nSPS) is 15.7. The molecule has 1 amide bonds. The maximum Gasteiger partial charge on any atom is 0.224 e. The summed E-state index contributed by atoms with van der Waals surface area (Å²) in [5.41, 5.74) is 2.77. The SMILES string of the molecule is O=C(Cc1ccccc1)NCc1ccc2c(c1)CCCS2(=O)=O. The molecule has 5 heteroatoms. The predicted octanol–water partition coefficient (Wildman–Crippen LogP) is 2.27. The minimum Gasteiger partial charge on any atom is -0.352 e. The van der Waals surface area contributed by atoms with Crippen molar-refractivity contribution >= 4 is 15.7 Å². The number of benzene rings is 2. The lowest BCUT2D eigenvalue weighted by Gasteiger charge is -2.17. The summed E-state index contributed by atoms with van der Waals surface area (Å²) in [6.07, 6.45) is 1.79. The van der Waals surface area contributed by atoms with E-state index < -0.39 is 9.84 Å². The Morgan fingerprint density at radius 2 is 1.83 bits per heavy atom. The lowest BCUT2D eigenvalue weighted by Crippen LogP contribution is -2.25. The molecule has 23 heavy (non-hydrogen) atoms. The molecule has 0 aromatic heterocycles. The number of hydrogen-bond acceptors (Lipinski definition) is 3. The second kappa shape index (κ2) is 6.54. The van der Waals surface area contributed by atoms with Crippen LogP contribution in [0.2, 0.25) is 0 Å². The molecule has 1 N–H and O–H groups in total. The summed E-state index contributed by atoms with van der Waals surface area (Å²) in [5, 5.41) is 2.89. The molecule has 0 fully saturated rings. The molecule has 4 nitrogen and oxygen atoms in total. The molecule has 0 saturated carbocycles. The van der Waals surface area contributed by atoms with Crippen molar-refractivity contribution in [2.75, 3.05) is 5.75 Å². The minimum atomic E-state index is -3.12. The van der Waals surface area contributed by atoms with Crippen LogP contribution in [0.3, 0.4) is 0 Å². The zero-order valence-electron chi connectivity index (χ0n) is 12.8. The molecule has 2 aromatic carbocycles. The van der Waals surface area contributed by atoms with E-state index in [1.165, 1.54) is 0 Å². The number of rotatable bonds is 4. The molecule has 0 radical (unpaired) electrons. The summed E-state index contributed by atoms with van der Waals surface area (Å²) in [6, 6.07) is 14.9. The first-order valence-electron chi connectivity index (χ1n) is 7.70. The van der Waals surface area contributed by atoms with E-state index in [4.69, 9.17) is 0 Å². The molecule has 0 spiro atoms. The van der Waals surface area contributed by atoms with Crippen molar-refractivity contribution in [2.24, 2.45) is 0 Å². The molecule has 2 aromatic rings. The number of nitrogens with one attached hydrogen (secondary N) is 1. The van der Waals surface area contributed by atoms with Crippen LogP contribution in [0.4, 0.5) is 0 Å². The molecule has 0 unspecified atom stereocenters. The maximum absolute atomic E-state index is 12.0. The number of carbonyl (C=O) groups excluding carboxylic acids is 1. The molecule has 1 heterocycles. The van der Waals surface area contributed by atoms with E-state index in [2.05, 4.69) is 5.32 Å². The van der Waals surface area contributed by atoms with Crippen LogP contribution in [0, 0.1) is 0 Å². The van der Waals surface area contributed by atoms with Crippen LogP contribution < -0.4 is 5.32 Å². The summed E-state index contributed by atoms with van der Waals surface area (Å²) >= 11 is 0. The topological polar surface area (TPSA) is 63.2 Å². The maximum atomic E-state index is 12.0. The van der Waals surface area contributed by atoms with Gasteiger partial charge in [0.15, 0.2) is 9.84 Å². The Balaban J connectivity index is 1.64. The van der Waals surface area contributed by atoms with Gasteiger partial charge in [0.25, 0.3) is 0 Å². The summed E-state index contributed by atoms with van der Waals surface area (Å²) < 4.78 is 24.0. The second-order valence-electron chi connectivity index (χ2n) is 5.80. The van der Waals surface area contributed by atoms with Gasteiger partial charge in [-0.3, -0.25) is 4.79 Å². The highest BCUT2D eigenvalue weighted by Gasteiger charge is 2.23. The van der Waals surface area contributed by atoms with Gasteiger partial charge in [0.1, 0.15) is 0 Å². The largest absolute Gasteiger partial charge is 0.352 e. The van der Waals surface area contributed by atoms with Crippen LogP contribution in [0.15, 0.2) is 53.4 Å². The van der Waals surface area contributed by atoms with E-state index in [1.807, 2.05) is 36.4 Å². The van der Waals surface area contributed by atoms with Gasteiger partial charge in [-0.25, -0.2) is 8.42 Å². The summed E-state index contributed by atoms with van der Waals surface area (Å²) in [4.78, 5) is 12.4. The minimum absolute atomic E-state index is 0.0402. The number of carbonyl (C=O) groups is 1. The van der Waals surface area contributed by atoms with Crippen molar-refractivity contribution in [1.82, 2.24) is 5.32 Å². The number of fused-ring (bicyclic) bond motifs is 1. The molecule has 0 atom stereocenters. The van der Waals surface area contributed by atoms with Gasteiger partial charge < -0.3 is 5.32 Å². The summed E-state index contributed by atoms with van der Waals surface area (Å²) in [7, 11) is -3.12. The van der Waals surface area contributed by atoms with Crippen molar-refractivity contribution < 1.29 is 13.2 Å². The van der Waals surface area contributed by atoms with Crippen LogP contribution in [0.25, 0.3) is 0 Å². The van der Waals surface area contributed by atoms with Gasteiger partial charge >= 0.3 is 0 Å². The summed E-state index contributed by atoms with van der Waals surface area (Å²) in [5.74, 6) is 0.189. The van der Waals surface area contributed by atoms with Crippen molar-refractivity contribution in [3.05, 3.63) is 65.2 Å². The van der Waals surface area contributed by atoms with E-state index in [1.54, 1.807) is 12.1 Å². The molecule has 3 rings (SSSR count). The monoisotopic (exact) mass is 329 g/mol. The Morgan fingerprint density at radius 1 is 1.04 bits per heavy atom. The van der Waals surface area contributed by atoms with Gasteiger partial charge in [-0.05, 0) is 35.6 Å². The van der Waals surface area contributed by atoms with Crippen LogP contribution in [0.1, 0.15) is 23.1 Å². The van der Waals surface area contributed by atoms with Crippen LogP contribution >= 0.6 is 0 Å². The molecule has 1 aliphatic heterocycles. The lowest BCUT2D eigenvalue weighted by atomic mass is 10.1. The Hall–Kier alpha value is -2.14. The van der Waals surface area contributed by atoms with Crippen molar-refractivity contribution in [3.8, 4) is 0 Å². The molecule has 0 aliphatic carbocycles. The van der Waals surface area contributed by atoms with Gasteiger partial charge in [-0.1, -0.05) is 42.5 Å². The average Bonchev–Trinajstić information content (AvgIpc) is 2.53. The fraction of sp³-hybridized carbons (Fsp3) is 0.278. The van der Waals surface area contributed by atoms with E-state index in [0.717, 1.165) is 23.1 Å². The second-order valence-corrected chi connectivity index (χ2v) is 7.88. The Kier molecular flexibility index (Phi) is 4.48. The van der Waals surface area contributed by atoms with Crippen molar-refractivity contribution in [2.45, 2.75) is 30.7 Å². The fourth-order valence-corrected chi connectivity index (χ4v) is 4.43. The third-order valence-electron chi connectivity index (χ3n) is 4.02. The van der Waals surface area contributed by atoms with Gasteiger partial charge in [0.05, 0.1) is 17.1 Å². The third-order valence-corrected chi connectivity index (χ3v) is 5.91. The average molecular weight is 329 g/mol. The highest BCUT2D eigenvalue weighted by Crippen LogP contribution is 2.25. The Morgan fingerprint density at radius 3 is 2.61 bits per heavy atom. The standard InChI is InChI=1S/C18H19NO3S/c20-18(12-14-5-2-1-3-6-14)19-13-15-8-9-17-16(11-15)7-4-10-23(17,21)22/h1-3,5-6,8-9,11H,4,7,10,12-13H2,(H,19,20). The molecule has 0 saturated heterocycles. The molecule has 1 aliphatic rings. The smallest absolute Gasteiger partial charge is 0.224 e. The Bertz CT molecular complexity index is 813. The zero-order valence-corrected chi connectivity index (χ0v) is 13.6. The molecule has 0 bridgehead atoms. The first-order chi connectivity index (χ1) is 11.0. The number of aryl methyl sites for hydroxylation is 1. The number of sulfone groups is 1. The lowest BCUT2D eigenvalue weighted by molar-refractivity contribution is -0.120. The predicted molar refractivity (Wildman–Crippen MR) is 88.8 cm³/mol. The van der Waals surface area contributed by atoms with E-state index >= 15 is 0 Å². The first-order valence-corrected chi connectivity index (χ1v) is 9.35. The van der Waals surface area contributed by atoms with Crippen LogP contribution in [0.5, 0.6) is 0 Å². The Labute approximate surface area is 136 Å². The highest BCUT2D eigenvalue weighted by molar-refractivity contribution is 7.91. The van der Waals surface area contributed by atoms with E-state index in [9.17, 15) is 13.2 Å². The third kappa shape index (κ3) is 3.79. The van der Waals surface area contributed by atoms with Gasteiger partial charge in [-0.2, -0.15) is 0 Å². The highest BCUT2D eigenvalue weighted by atomic mass is 32.2. The molecular formula is C18H19NO3S. The first kappa shape index (κ1) is 15.7. The quantitative estimate of drug-likeness (QED) is 0.936. The van der Waals surface area contributed by atoms with Gasteiger partial charge in [0.2, 0.25) is 5.91 Å². The van der Waals surface area contributed by atoms with Gasteiger partial charge in [-0.15, -0.1) is 0 Å². The molecular weight excluding hydrogens is 310 g/mol. The van der Waals surface area contributed by atoms with Crippen LogP contribution in [-0.4, -0.2) is 20.1 Å². The number of amides is 1. The molecule has 120 valence electrons. The van der Waals surface area contributed by atoms with E-state index in [0.29, 0.717) is 24.3 Å². The van der Waals surface area contributed by atoms with Crippen LogP contribution in [-0.2, 0) is 34.0 Å². The fourth-order valence-electron chi connectivity index (χ4n) is 2.85.